The molecule has 5 aliphatic heterocycles. The summed E-state index contributed by atoms with van der Waals surface area (Å²) in [5.74, 6) is -1.67. The summed E-state index contributed by atoms with van der Waals surface area (Å²) in [5.41, 5.74) is 23.6. The van der Waals surface area contributed by atoms with Crippen LogP contribution < -0.4 is 48.7 Å². The summed E-state index contributed by atoms with van der Waals surface area (Å²) in [4.78, 5) is 86.5. The number of alkyl halides is 6. The molecular formula is C99H126Br3F6N23O8. The van der Waals surface area contributed by atoms with Gasteiger partial charge in [0, 0.05) is 217 Å². The normalized spacial score (nSPS) is 19.8. The third kappa shape index (κ3) is 29.4. The number of amides is 1. The fourth-order valence-electron chi connectivity index (χ4n) is 18.5. The van der Waals surface area contributed by atoms with Gasteiger partial charge in [0.05, 0.1) is 46.9 Å². The van der Waals surface area contributed by atoms with Crippen LogP contribution in [-0.4, -0.2) is 336 Å². The van der Waals surface area contributed by atoms with E-state index < -0.39 is 18.7 Å². The van der Waals surface area contributed by atoms with E-state index in [0.717, 1.165) is 179 Å². The van der Waals surface area contributed by atoms with Crippen LogP contribution in [-0.2, 0) is 19.6 Å². The fourth-order valence-corrected chi connectivity index (χ4v) is 19.6. The molecule has 0 spiro atoms. The number of fused-ring (bicyclic) bond motifs is 3. The summed E-state index contributed by atoms with van der Waals surface area (Å²) >= 11 is 9.97. The molecule has 5 aliphatic carbocycles. The maximum Gasteiger partial charge on any atom is 0.573 e. The van der Waals surface area contributed by atoms with Gasteiger partial charge in [-0.3, -0.25) is 19.2 Å². The molecule has 0 unspecified atom stereocenters. The highest BCUT2D eigenvalue weighted by Crippen LogP contribution is 2.51. The predicted octanol–water partition coefficient (Wildman–Crippen LogP) is 11.8. The topological polar surface area (TPSA) is 339 Å². The number of likely N-dealkylation sites (N-methyl/N-ethyl adjacent to an activating group) is 5. The zero-order valence-corrected chi connectivity index (χ0v) is 84.3. The number of nitrogen functional groups attached to an aromatic ring is 2. The van der Waals surface area contributed by atoms with Crippen LogP contribution in [0.3, 0.4) is 0 Å². The second-order valence-corrected chi connectivity index (χ2v) is 42.7. The number of ether oxygens (including phenoxy) is 2. The number of nitrogens with two attached hydrogens (primary N) is 3. The average Bonchev–Trinajstić information content (AvgIpc) is 1.61. The lowest BCUT2D eigenvalue weighted by Crippen LogP contribution is -2.47. The Labute approximate surface area is 830 Å². The minimum absolute atomic E-state index is 0.0362. The van der Waals surface area contributed by atoms with E-state index in [1.807, 2.05) is 24.3 Å². The highest BCUT2D eigenvalue weighted by Gasteiger charge is 2.49. The van der Waals surface area contributed by atoms with Crippen molar-refractivity contribution in [3.8, 4) is 33.8 Å². The molecular weight excluding hydrogens is 1990 g/mol. The smallest absolute Gasteiger partial charge is 0.478 e. The van der Waals surface area contributed by atoms with Gasteiger partial charge in [0.25, 0.3) is 22.6 Å². The number of anilines is 2. The highest BCUT2D eigenvalue weighted by molar-refractivity contribution is 9.11. The van der Waals surface area contributed by atoms with E-state index in [1.165, 1.54) is 135 Å². The molecule has 7 aromatic carbocycles. The fraction of sp³-hybridized carbons (Fsp3) is 0.525. The van der Waals surface area contributed by atoms with Gasteiger partial charge in [0.1, 0.15) is 28.0 Å². The molecule has 8 heterocycles. The number of carbonyl (C=O) groups is 2. The molecule has 1 amide bonds. The molecule has 31 nitrogen and oxygen atoms in total. The minimum atomic E-state index is -4.74. The number of hydrogen-bond acceptors (Lipinski definition) is 26. The molecule has 40 heteroatoms. The zero-order chi connectivity index (χ0) is 98.8. The molecule has 20 rings (SSSR count). The quantitative estimate of drug-likeness (QED) is 0.0262. The van der Waals surface area contributed by atoms with Crippen LogP contribution in [0.4, 0.5) is 37.7 Å². The van der Waals surface area contributed by atoms with Crippen LogP contribution in [0, 0.1) is 27.1 Å². The number of piperazine rings is 5. The van der Waals surface area contributed by atoms with E-state index >= 15 is 0 Å². The van der Waals surface area contributed by atoms with Crippen LogP contribution in [0.1, 0.15) is 84.9 Å². The third-order valence-electron chi connectivity index (χ3n) is 28.5. The number of rotatable bonds is 25. The van der Waals surface area contributed by atoms with Gasteiger partial charge in [-0.05, 0) is 237 Å². The van der Waals surface area contributed by atoms with E-state index in [9.17, 15) is 50.3 Å². The maximum absolute atomic E-state index is 13.3. The summed E-state index contributed by atoms with van der Waals surface area (Å²) in [6.07, 6.45) is 2.25. The number of carboxylic acids is 1. The Morgan fingerprint density at radius 1 is 0.367 bits per heavy atom. The van der Waals surface area contributed by atoms with Gasteiger partial charge in [-0.15, -0.1) is 41.6 Å². The lowest BCUT2D eigenvalue weighted by Gasteiger charge is -2.34. The number of carbonyl (C=O) groups excluding carboxylic acids is 1. The van der Waals surface area contributed by atoms with E-state index in [0.29, 0.717) is 95.7 Å². The molecule has 0 bridgehead atoms. The lowest BCUT2D eigenvalue weighted by atomic mass is 10.0. The Bertz CT molecular complexity index is 5890. The van der Waals surface area contributed by atoms with Crippen molar-refractivity contribution in [3.05, 3.63) is 195 Å². The Kier molecular flexibility index (Phi) is 33.6. The molecule has 10 fully saturated rings. The van der Waals surface area contributed by atoms with Gasteiger partial charge in [0.15, 0.2) is 0 Å². The molecule has 139 heavy (non-hydrogen) atoms. The molecule has 10 aromatic rings. The molecule has 0 radical (unpaired) electrons. The second-order valence-electron chi connectivity index (χ2n) is 40.0. The Morgan fingerprint density at radius 3 is 0.942 bits per heavy atom. The van der Waals surface area contributed by atoms with Gasteiger partial charge in [-0.25, -0.2) is 18.8 Å². The molecule has 5 saturated carbocycles. The number of carboxylic acid groups (broad SMARTS) is 1. The molecule has 5 saturated heterocycles. The summed E-state index contributed by atoms with van der Waals surface area (Å²) in [7, 11) is 10.8. The summed E-state index contributed by atoms with van der Waals surface area (Å²) in [5, 5.41) is 38.5. The van der Waals surface area contributed by atoms with Crippen LogP contribution in [0.2, 0.25) is 0 Å². The predicted molar refractivity (Wildman–Crippen MR) is 537 cm³/mol. The van der Waals surface area contributed by atoms with Crippen molar-refractivity contribution in [1.29, 1.82) is 0 Å². The average molecular weight is 2120 g/mol. The molecule has 3 aromatic heterocycles. The standard InChI is InChI=1S/2C24H26F3N5O2.C17H22BrN5O.C17H25BrN4O.C10H21N3.C7H6BrNO2/c2*1-30-10-12-31(13-11-30)15-23(8-9-23)16-32-22(33)20-14-18(4-7-21(20)28-29-32)17-2-5-19(6-3-17)34-24(25,26)27;1-21-6-8-22(9-7-21)11-17(4-5-17)12-23-16(24)14-10-13(18)2-3-15(14)19-20-23;1-21-6-8-22(9-7-21)12-17(4-5-17)11-20-16(23)14-10-13(18)2-3-15(14)19;1-12-4-6-13(7-5-12)9-10(8-11)2-3-10;8-4-1-2-6(9)5(3-4)7(10)11/h2*2-7,14H,8-13,15-16H2,1H3;2-3,10H,4-9,11-12H2,1H3;2-3,10H,4-9,11-12,19H2,1H3,(H,20,23);2-9,11H2,1H3;1-3H,9H2,(H,10,11). The summed E-state index contributed by atoms with van der Waals surface area (Å²) in [6, 6.07) is 37.2. The van der Waals surface area contributed by atoms with Crippen molar-refractivity contribution < 1.29 is 50.5 Å². The van der Waals surface area contributed by atoms with Gasteiger partial charge in [-0.2, -0.15) is 0 Å². The SMILES string of the molecule is CN1CCN(CC2(CN)CC2)CC1.CN1CCN(CC2(CNC(=O)c3cc(Br)ccc3N)CC2)CC1.CN1CCN(CC2(Cn3nnc4ccc(-c5ccc(OC(F)(F)F)cc5)cc4c3=O)CC2)CC1.CN1CCN(CC2(Cn3nnc4ccc(-c5ccc(OC(F)(F)F)cc5)cc4c3=O)CC2)CC1.CN1CCN(CC2(Cn3nnc4ccc(Br)cc4c3=O)CC2)CC1.Nc1ccc(Br)cc1C(=O)O. The Hall–Kier alpha value is -9.53. The van der Waals surface area contributed by atoms with E-state index in [-0.39, 0.29) is 67.0 Å². The zero-order valence-electron chi connectivity index (χ0n) is 79.5. The third-order valence-corrected chi connectivity index (χ3v) is 30.0. The maximum atomic E-state index is 13.3. The Morgan fingerprint density at radius 2 is 0.640 bits per heavy atom. The van der Waals surface area contributed by atoms with Crippen molar-refractivity contribution in [2.45, 2.75) is 96.6 Å². The van der Waals surface area contributed by atoms with Gasteiger partial charge in [-0.1, -0.05) is 99.8 Å². The van der Waals surface area contributed by atoms with E-state index in [1.54, 1.807) is 65.3 Å². The number of hydrogen-bond donors (Lipinski definition) is 5. The molecule has 8 N–H and O–H groups in total. The molecule has 10 aliphatic rings. The van der Waals surface area contributed by atoms with Crippen molar-refractivity contribution in [2.75, 3.05) is 223 Å². The van der Waals surface area contributed by atoms with Crippen LogP contribution in [0.25, 0.3) is 55.0 Å². The van der Waals surface area contributed by atoms with Crippen molar-refractivity contribution in [1.82, 2.24) is 99.3 Å². The molecule has 0 atom stereocenters. The number of nitrogens with zero attached hydrogens (tertiary/aromatic N) is 19. The largest absolute Gasteiger partial charge is 0.573 e. The van der Waals surface area contributed by atoms with Gasteiger partial charge in [0.2, 0.25) is 0 Å². The number of aromatic carboxylic acids is 1. The summed E-state index contributed by atoms with van der Waals surface area (Å²) < 4.78 is 89.3. The van der Waals surface area contributed by atoms with Crippen LogP contribution in [0.5, 0.6) is 11.5 Å². The monoisotopic (exact) mass is 2120 g/mol. The first-order valence-corrected chi connectivity index (χ1v) is 50.0. The minimum Gasteiger partial charge on any atom is -0.478 e. The van der Waals surface area contributed by atoms with Crippen molar-refractivity contribution in [2.24, 2.45) is 32.8 Å². The van der Waals surface area contributed by atoms with Crippen LogP contribution in [0.15, 0.2) is 167 Å². The second kappa shape index (κ2) is 45.0. The summed E-state index contributed by atoms with van der Waals surface area (Å²) in [6.45, 7) is 31.0. The number of nitrogens with one attached hydrogen (secondary N) is 1. The van der Waals surface area contributed by atoms with Gasteiger partial charge >= 0.3 is 18.7 Å². The van der Waals surface area contributed by atoms with E-state index in [4.69, 9.17) is 22.3 Å². The number of aromatic nitrogens is 9. The number of benzene rings is 7. The first kappa shape index (κ1) is 104. The highest BCUT2D eigenvalue weighted by atomic mass is 79.9. The van der Waals surface area contributed by atoms with Crippen molar-refractivity contribution in [3.63, 3.8) is 0 Å². The molecule has 748 valence electrons. The van der Waals surface area contributed by atoms with Crippen LogP contribution >= 0.6 is 47.8 Å². The number of halogens is 9. The van der Waals surface area contributed by atoms with Crippen molar-refractivity contribution >= 4 is 104 Å². The van der Waals surface area contributed by atoms with Gasteiger partial charge < -0.3 is 86.1 Å². The Balaban J connectivity index is 0.000000131. The first-order chi connectivity index (χ1) is 66.3. The first-order valence-electron chi connectivity index (χ1n) is 47.6. The van der Waals surface area contributed by atoms with E-state index in [2.05, 4.69) is 178 Å². The lowest BCUT2D eigenvalue weighted by molar-refractivity contribution is -0.275.